The minimum atomic E-state index is 0.560. The van der Waals surface area contributed by atoms with Gasteiger partial charge >= 0.3 is 0 Å². The van der Waals surface area contributed by atoms with E-state index in [1.807, 2.05) is 0 Å². The van der Waals surface area contributed by atoms with Gasteiger partial charge < -0.3 is 0 Å². The van der Waals surface area contributed by atoms with Crippen molar-refractivity contribution in [2.75, 3.05) is 0 Å². The molecule has 0 unspecified atom stereocenters. The normalized spacial score (nSPS) is 10.7. The van der Waals surface area contributed by atoms with Crippen LogP contribution < -0.4 is 4.57 Å². The third-order valence-electron chi connectivity index (χ3n) is 2.76. The predicted octanol–water partition coefficient (Wildman–Crippen LogP) is 3.15. The van der Waals surface area contributed by atoms with Crippen molar-refractivity contribution in [2.45, 2.75) is 26.3 Å². The highest BCUT2D eigenvalue weighted by Crippen LogP contribution is 2.09. The molecular weight excluding hydrogens is 194 g/mol. The molecule has 0 aliphatic heterocycles. The molecular formula is C15H18N+. The average Bonchev–Trinajstić information content (AvgIpc) is 2.31. The molecule has 0 spiro atoms. The van der Waals surface area contributed by atoms with E-state index in [-0.39, 0.29) is 0 Å². The highest BCUT2D eigenvalue weighted by molar-refractivity contribution is 5.13. The summed E-state index contributed by atoms with van der Waals surface area (Å²) in [6.45, 7) is 5.42. The lowest BCUT2D eigenvalue weighted by Crippen LogP contribution is -2.38. The van der Waals surface area contributed by atoms with Gasteiger partial charge in [-0.15, -0.1) is 0 Å². The summed E-state index contributed by atoms with van der Waals surface area (Å²) in [6, 6.07) is 17.0. The first-order chi connectivity index (χ1) is 7.77. The van der Waals surface area contributed by atoms with E-state index in [0.29, 0.717) is 5.92 Å². The van der Waals surface area contributed by atoms with Gasteiger partial charge in [0, 0.05) is 23.6 Å². The van der Waals surface area contributed by atoms with Gasteiger partial charge in [0.2, 0.25) is 0 Å². The summed E-state index contributed by atoms with van der Waals surface area (Å²) in [4.78, 5) is 0. The van der Waals surface area contributed by atoms with Gasteiger partial charge in [-0.05, 0) is 0 Å². The van der Waals surface area contributed by atoms with E-state index in [1.165, 1.54) is 11.3 Å². The van der Waals surface area contributed by atoms with Crippen LogP contribution >= 0.6 is 0 Å². The van der Waals surface area contributed by atoms with Crippen LogP contribution in [-0.4, -0.2) is 0 Å². The van der Waals surface area contributed by atoms with E-state index in [1.54, 1.807) is 0 Å². The summed E-state index contributed by atoms with van der Waals surface area (Å²) in [5.41, 5.74) is 2.73. The number of nitrogens with zero attached hydrogens (tertiary/aromatic N) is 1. The molecule has 16 heavy (non-hydrogen) atoms. The van der Waals surface area contributed by atoms with E-state index in [0.717, 1.165) is 6.54 Å². The zero-order chi connectivity index (χ0) is 11.4. The Morgan fingerprint density at radius 2 is 1.62 bits per heavy atom. The van der Waals surface area contributed by atoms with Crippen molar-refractivity contribution in [1.29, 1.82) is 0 Å². The van der Waals surface area contributed by atoms with Crippen molar-refractivity contribution in [2.24, 2.45) is 0 Å². The van der Waals surface area contributed by atoms with Crippen LogP contribution in [0.3, 0.4) is 0 Å². The third-order valence-corrected chi connectivity index (χ3v) is 2.76. The summed E-state index contributed by atoms with van der Waals surface area (Å²) in [7, 11) is 0. The van der Waals surface area contributed by atoms with Crippen molar-refractivity contribution >= 4 is 0 Å². The molecule has 82 valence electrons. The Labute approximate surface area is 97.4 Å². The molecule has 0 aliphatic rings. The zero-order valence-corrected chi connectivity index (χ0v) is 9.93. The second kappa shape index (κ2) is 4.93. The highest BCUT2D eigenvalue weighted by atomic mass is 15.0. The number of hydrogen-bond acceptors (Lipinski definition) is 0. The van der Waals surface area contributed by atoms with Crippen molar-refractivity contribution in [3.63, 3.8) is 0 Å². The van der Waals surface area contributed by atoms with Gasteiger partial charge in [-0.2, -0.15) is 4.57 Å². The molecule has 0 aliphatic carbocycles. The summed E-state index contributed by atoms with van der Waals surface area (Å²) in [5, 5.41) is 0. The lowest BCUT2D eigenvalue weighted by molar-refractivity contribution is -0.696. The molecule has 2 rings (SSSR count). The fourth-order valence-corrected chi connectivity index (χ4v) is 1.94. The quantitative estimate of drug-likeness (QED) is 0.688. The first-order valence-corrected chi connectivity index (χ1v) is 5.79. The molecule has 1 heteroatoms. The number of aromatic nitrogens is 1. The smallest absolute Gasteiger partial charge is 0.184 e. The van der Waals surface area contributed by atoms with Crippen LogP contribution in [0.25, 0.3) is 0 Å². The first kappa shape index (κ1) is 10.9. The van der Waals surface area contributed by atoms with Crippen molar-refractivity contribution in [3.05, 3.63) is 66.0 Å². The third kappa shape index (κ3) is 2.48. The topological polar surface area (TPSA) is 3.88 Å². The SMILES string of the molecule is CC(C)c1cccc[n+]1Cc1ccccc1. The Bertz CT molecular complexity index is 446. The maximum absolute atomic E-state index is 2.32. The number of rotatable bonds is 3. The van der Waals surface area contributed by atoms with Gasteiger partial charge in [0.15, 0.2) is 18.4 Å². The Morgan fingerprint density at radius 1 is 0.938 bits per heavy atom. The van der Waals surface area contributed by atoms with Crippen LogP contribution in [0.1, 0.15) is 31.0 Å². The molecule has 0 saturated heterocycles. The minimum Gasteiger partial charge on any atom is -0.198 e. The van der Waals surface area contributed by atoms with Gasteiger partial charge in [0.25, 0.3) is 0 Å². The van der Waals surface area contributed by atoms with E-state index < -0.39 is 0 Å². The van der Waals surface area contributed by atoms with E-state index in [2.05, 4.69) is 73.1 Å². The summed E-state index contributed by atoms with van der Waals surface area (Å²) in [6.07, 6.45) is 2.16. The summed E-state index contributed by atoms with van der Waals surface area (Å²) >= 11 is 0. The van der Waals surface area contributed by atoms with Crippen molar-refractivity contribution in [1.82, 2.24) is 0 Å². The fraction of sp³-hybridized carbons (Fsp3) is 0.267. The lowest BCUT2D eigenvalue weighted by atomic mass is 10.1. The molecule has 0 amide bonds. The number of hydrogen-bond donors (Lipinski definition) is 0. The van der Waals surface area contributed by atoms with E-state index in [4.69, 9.17) is 0 Å². The molecule has 0 saturated carbocycles. The molecule has 0 fully saturated rings. The molecule has 2 aromatic rings. The van der Waals surface area contributed by atoms with Crippen LogP contribution in [0.4, 0.5) is 0 Å². The molecule has 0 bridgehead atoms. The average molecular weight is 212 g/mol. The van der Waals surface area contributed by atoms with Crippen molar-refractivity contribution in [3.8, 4) is 0 Å². The first-order valence-electron chi connectivity index (χ1n) is 5.79. The zero-order valence-electron chi connectivity index (χ0n) is 9.93. The molecule has 1 aromatic heterocycles. The van der Waals surface area contributed by atoms with Crippen LogP contribution in [0.15, 0.2) is 54.7 Å². The number of benzene rings is 1. The summed E-state index contributed by atoms with van der Waals surface area (Å²) in [5.74, 6) is 0.560. The van der Waals surface area contributed by atoms with E-state index in [9.17, 15) is 0 Å². The summed E-state index contributed by atoms with van der Waals surface area (Å²) < 4.78 is 2.32. The predicted molar refractivity (Wildman–Crippen MR) is 66.3 cm³/mol. The minimum absolute atomic E-state index is 0.560. The molecule has 1 nitrogen and oxygen atoms in total. The Balaban J connectivity index is 2.28. The van der Waals surface area contributed by atoms with Gasteiger partial charge in [0.1, 0.15) is 0 Å². The van der Waals surface area contributed by atoms with Gasteiger partial charge in [-0.3, -0.25) is 0 Å². The van der Waals surface area contributed by atoms with Crippen LogP contribution in [0, 0.1) is 0 Å². The second-order valence-electron chi connectivity index (χ2n) is 4.39. The molecule has 1 aromatic carbocycles. The van der Waals surface area contributed by atoms with Crippen LogP contribution in [-0.2, 0) is 6.54 Å². The van der Waals surface area contributed by atoms with Crippen LogP contribution in [0.5, 0.6) is 0 Å². The van der Waals surface area contributed by atoms with E-state index >= 15 is 0 Å². The van der Waals surface area contributed by atoms with Gasteiger partial charge in [-0.1, -0.05) is 50.2 Å². The maximum Gasteiger partial charge on any atom is 0.184 e. The highest BCUT2D eigenvalue weighted by Gasteiger charge is 2.13. The molecule has 0 radical (unpaired) electrons. The monoisotopic (exact) mass is 212 g/mol. The molecule has 1 heterocycles. The fourth-order valence-electron chi connectivity index (χ4n) is 1.94. The van der Waals surface area contributed by atoms with Crippen molar-refractivity contribution < 1.29 is 4.57 Å². The maximum atomic E-state index is 2.32. The molecule has 0 N–H and O–H groups in total. The van der Waals surface area contributed by atoms with Gasteiger partial charge in [-0.25, -0.2) is 0 Å². The number of pyridine rings is 1. The Kier molecular flexibility index (Phi) is 3.35. The second-order valence-corrected chi connectivity index (χ2v) is 4.39. The lowest BCUT2D eigenvalue weighted by Gasteiger charge is -2.06. The largest absolute Gasteiger partial charge is 0.198 e. The van der Waals surface area contributed by atoms with Crippen LogP contribution in [0.2, 0.25) is 0 Å². The standard InChI is InChI=1S/C15H18N/c1-13(2)15-10-6-7-11-16(15)12-14-8-4-3-5-9-14/h3-11,13H,12H2,1-2H3/q+1. The molecule has 0 atom stereocenters. The Hall–Kier alpha value is -1.63. The Morgan fingerprint density at radius 3 is 2.31 bits per heavy atom. The van der Waals surface area contributed by atoms with Gasteiger partial charge in [0.05, 0.1) is 0 Å².